The van der Waals surface area contributed by atoms with Crippen LogP contribution in [0.25, 0.3) is 11.1 Å². The monoisotopic (exact) mass is 386 g/mol. The highest BCUT2D eigenvalue weighted by Crippen LogP contribution is 2.28. The van der Waals surface area contributed by atoms with E-state index >= 15 is 0 Å². The molecule has 1 aliphatic heterocycles. The summed E-state index contributed by atoms with van der Waals surface area (Å²) in [4.78, 5) is 17.3. The minimum absolute atomic E-state index is 0.123. The number of aromatic nitrogens is 2. The van der Waals surface area contributed by atoms with Gasteiger partial charge < -0.3 is 15.2 Å². The lowest BCUT2D eigenvalue weighted by atomic mass is 9.85. The lowest BCUT2D eigenvalue weighted by molar-refractivity contribution is 0.0926. The minimum Gasteiger partial charge on any atom is -0.347 e. The molecule has 2 N–H and O–H groups in total. The van der Waals surface area contributed by atoms with Gasteiger partial charge in [0.25, 0.3) is 11.6 Å². The minimum atomic E-state index is -0.882. The third-order valence-corrected chi connectivity index (χ3v) is 5.16. The quantitative estimate of drug-likeness (QED) is 0.723. The lowest BCUT2D eigenvalue weighted by Crippen LogP contribution is -2.50. The summed E-state index contributed by atoms with van der Waals surface area (Å²) in [7, 11) is 0. The SMILES string of the molecule is Cc1cc(C(=O)NC2CNCCC2c2ccc(F)c(F)c2)c2c(C)noc2n1. The fraction of sp³-hybridized carbons (Fsp3) is 0.350. The molecule has 2 aromatic heterocycles. The number of halogens is 2. The molecule has 0 spiro atoms. The number of amides is 1. The molecule has 1 saturated heterocycles. The maximum absolute atomic E-state index is 13.7. The average Bonchev–Trinajstić information content (AvgIpc) is 3.04. The van der Waals surface area contributed by atoms with Crippen molar-refractivity contribution in [3.8, 4) is 0 Å². The number of piperidine rings is 1. The molecule has 0 bridgehead atoms. The van der Waals surface area contributed by atoms with Crippen molar-refractivity contribution in [2.45, 2.75) is 32.2 Å². The predicted octanol–water partition coefficient (Wildman–Crippen LogP) is 2.99. The van der Waals surface area contributed by atoms with Crippen LogP contribution in [-0.2, 0) is 0 Å². The van der Waals surface area contributed by atoms with E-state index in [1.54, 1.807) is 26.0 Å². The fourth-order valence-corrected chi connectivity index (χ4v) is 3.80. The van der Waals surface area contributed by atoms with E-state index in [0.29, 0.717) is 46.6 Å². The Kier molecular flexibility index (Phi) is 4.80. The maximum atomic E-state index is 13.7. The number of nitrogens with one attached hydrogen (secondary N) is 2. The van der Waals surface area contributed by atoms with Gasteiger partial charge in [-0.05, 0) is 50.6 Å². The highest BCUT2D eigenvalue weighted by molar-refractivity contribution is 6.06. The molecular formula is C20H20F2N4O2. The molecule has 146 valence electrons. The smallest absolute Gasteiger partial charge is 0.258 e. The topological polar surface area (TPSA) is 80.0 Å². The zero-order valence-electron chi connectivity index (χ0n) is 15.6. The molecule has 2 atom stereocenters. The number of nitrogens with zero attached hydrogens (tertiary/aromatic N) is 2. The van der Waals surface area contributed by atoms with Gasteiger partial charge in [0, 0.05) is 24.2 Å². The van der Waals surface area contributed by atoms with E-state index in [2.05, 4.69) is 20.8 Å². The number of carbonyl (C=O) groups excluding carboxylic acids is 1. The fourth-order valence-electron chi connectivity index (χ4n) is 3.80. The van der Waals surface area contributed by atoms with Crippen molar-refractivity contribution >= 4 is 17.0 Å². The number of carbonyl (C=O) groups is 1. The summed E-state index contributed by atoms with van der Waals surface area (Å²) in [6.07, 6.45) is 0.701. The van der Waals surface area contributed by atoms with Crippen molar-refractivity contribution < 1.29 is 18.1 Å². The molecule has 28 heavy (non-hydrogen) atoms. The van der Waals surface area contributed by atoms with E-state index in [1.807, 2.05) is 0 Å². The van der Waals surface area contributed by atoms with Crippen LogP contribution in [0.1, 0.15) is 39.6 Å². The van der Waals surface area contributed by atoms with E-state index in [1.165, 1.54) is 6.07 Å². The van der Waals surface area contributed by atoms with Gasteiger partial charge in [-0.1, -0.05) is 11.2 Å². The molecule has 1 fully saturated rings. The number of rotatable bonds is 3. The lowest BCUT2D eigenvalue weighted by Gasteiger charge is -2.33. The zero-order valence-corrected chi connectivity index (χ0v) is 15.6. The highest BCUT2D eigenvalue weighted by atomic mass is 19.2. The van der Waals surface area contributed by atoms with E-state index in [4.69, 9.17) is 4.52 Å². The van der Waals surface area contributed by atoms with E-state index in [0.717, 1.165) is 12.6 Å². The molecule has 3 aromatic rings. The highest BCUT2D eigenvalue weighted by Gasteiger charge is 2.29. The van der Waals surface area contributed by atoms with Crippen molar-refractivity contribution in [2.75, 3.05) is 13.1 Å². The molecule has 0 saturated carbocycles. The third kappa shape index (κ3) is 3.35. The van der Waals surface area contributed by atoms with Crippen molar-refractivity contribution in [1.82, 2.24) is 20.8 Å². The maximum Gasteiger partial charge on any atom is 0.258 e. The summed E-state index contributed by atoms with van der Waals surface area (Å²) >= 11 is 0. The Morgan fingerprint density at radius 2 is 2.07 bits per heavy atom. The largest absolute Gasteiger partial charge is 0.347 e. The Hall–Kier alpha value is -2.87. The molecule has 3 heterocycles. The van der Waals surface area contributed by atoms with Gasteiger partial charge in [0.1, 0.15) is 0 Å². The van der Waals surface area contributed by atoms with Crippen LogP contribution in [0.4, 0.5) is 8.78 Å². The summed E-state index contributed by atoms with van der Waals surface area (Å²) in [5.74, 6) is -2.16. The summed E-state index contributed by atoms with van der Waals surface area (Å²) in [6, 6.07) is 5.34. The number of pyridine rings is 1. The van der Waals surface area contributed by atoms with Crippen molar-refractivity contribution in [3.05, 3.63) is 58.4 Å². The molecule has 0 radical (unpaired) electrons. The Labute approximate surface area is 160 Å². The number of hydrogen-bond acceptors (Lipinski definition) is 5. The van der Waals surface area contributed by atoms with Crippen LogP contribution in [0.15, 0.2) is 28.8 Å². The summed E-state index contributed by atoms with van der Waals surface area (Å²) in [5, 5.41) is 10.8. The summed E-state index contributed by atoms with van der Waals surface area (Å²) in [5.41, 5.74) is 2.67. The molecule has 0 aliphatic carbocycles. The van der Waals surface area contributed by atoms with Gasteiger partial charge in [0.05, 0.1) is 16.6 Å². The summed E-state index contributed by atoms with van der Waals surface area (Å²) < 4.78 is 32.2. The van der Waals surface area contributed by atoms with E-state index in [-0.39, 0.29) is 17.9 Å². The van der Waals surface area contributed by atoms with E-state index < -0.39 is 11.6 Å². The second kappa shape index (κ2) is 7.27. The van der Waals surface area contributed by atoms with Gasteiger partial charge in [-0.15, -0.1) is 0 Å². The number of aryl methyl sites for hydroxylation is 2. The van der Waals surface area contributed by atoms with Gasteiger partial charge >= 0.3 is 0 Å². The van der Waals surface area contributed by atoms with Crippen molar-refractivity contribution in [2.24, 2.45) is 0 Å². The number of hydrogen-bond donors (Lipinski definition) is 2. The normalized spacial score (nSPS) is 19.7. The molecule has 1 amide bonds. The van der Waals surface area contributed by atoms with Gasteiger partial charge in [0.2, 0.25) is 0 Å². The Bertz CT molecular complexity index is 1050. The van der Waals surface area contributed by atoms with Crippen LogP contribution in [0.2, 0.25) is 0 Å². The Morgan fingerprint density at radius 1 is 1.25 bits per heavy atom. The first-order valence-corrected chi connectivity index (χ1v) is 9.14. The molecule has 1 aromatic carbocycles. The third-order valence-electron chi connectivity index (χ3n) is 5.16. The number of fused-ring (bicyclic) bond motifs is 1. The van der Waals surface area contributed by atoms with Gasteiger partial charge in [-0.2, -0.15) is 0 Å². The molecule has 8 heteroatoms. The number of benzene rings is 1. The second-order valence-corrected chi connectivity index (χ2v) is 7.11. The average molecular weight is 386 g/mol. The standard InChI is InChI=1S/C20H20F2N4O2/c1-10-7-14(18-11(2)26-28-20(18)24-10)19(27)25-17-9-23-6-5-13(17)12-3-4-15(21)16(22)8-12/h3-4,7-8,13,17,23H,5-6,9H2,1-2H3,(H,25,27). The first kappa shape index (κ1) is 18.5. The van der Waals surface area contributed by atoms with E-state index in [9.17, 15) is 13.6 Å². The molecule has 6 nitrogen and oxygen atoms in total. The van der Waals surface area contributed by atoms with Gasteiger partial charge in [0.15, 0.2) is 11.6 Å². The Balaban J connectivity index is 1.64. The Morgan fingerprint density at radius 3 is 2.86 bits per heavy atom. The zero-order chi connectivity index (χ0) is 19.8. The van der Waals surface area contributed by atoms with Crippen LogP contribution in [0.5, 0.6) is 0 Å². The van der Waals surface area contributed by atoms with Crippen LogP contribution in [0.3, 0.4) is 0 Å². The first-order chi connectivity index (χ1) is 13.4. The predicted molar refractivity (Wildman–Crippen MR) is 99.1 cm³/mol. The molecule has 4 rings (SSSR count). The van der Waals surface area contributed by atoms with Crippen LogP contribution in [0, 0.1) is 25.5 Å². The molecular weight excluding hydrogens is 366 g/mol. The molecule has 1 aliphatic rings. The van der Waals surface area contributed by atoms with Crippen molar-refractivity contribution in [1.29, 1.82) is 0 Å². The van der Waals surface area contributed by atoms with Crippen LogP contribution >= 0.6 is 0 Å². The second-order valence-electron chi connectivity index (χ2n) is 7.11. The van der Waals surface area contributed by atoms with Crippen LogP contribution in [-0.4, -0.2) is 35.2 Å². The van der Waals surface area contributed by atoms with Crippen LogP contribution < -0.4 is 10.6 Å². The van der Waals surface area contributed by atoms with Gasteiger partial charge in [-0.25, -0.2) is 13.8 Å². The van der Waals surface area contributed by atoms with Crippen molar-refractivity contribution in [3.63, 3.8) is 0 Å². The molecule has 2 unspecified atom stereocenters. The van der Waals surface area contributed by atoms with Gasteiger partial charge in [-0.3, -0.25) is 4.79 Å². The summed E-state index contributed by atoms with van der Waals surface area (Å²) in [6.45, 7) is 4.80. The first-order valence-electron chi connectivity index (χ1n) is 9.14.